The van der Waals surface area contributed by atoms with E-state index in [0.29, 0.717) is 17.9 Å². The molecule has 0 spiro atoms. The monoisotopic (exact) mass is 309 g/mol. The standard InChI is InChI=1S/C15H23N3O2S/c1-3-18(4-2)10-9-17-14(19)11-20-13-8-6-5-7-12(13)15(16)21/h5-8H,3-4,9-11H2,1-2H3,(H2,16,21)(H,17,19). The van der Waals surface area contributed by atoms with Gasteiger partial charge in [-0.25, -0.2) is 0 Å². The minimum atomic E-state index is -0.153. The highest BCUT2D eigenvalue weighted by Gasteiger charge is 2.08. The molecule has 0 unspecified atom stereocenters. The second-order valence-corrected chi connectivity index (χ2v) is 4.97. The third-order valence-electron chi connectivity index (χ3n) is 3.16. The summed E-state index contributed by atoms with van der Waals surface area (Å²) in [6.45, 7) is 7.55. The molecule has 0 saturated carbocycles. The molecule has 21 heavy (non-hydrogen) atoms. The number of carbonyl (C=O) groups excluding carboxylic acids is 1. The van der Waals surface area contributed by atoms with Crippen molar-refractivity contribution in [2.24, 2.45) is 5.73 Å². The lowest BCUT2D eigenvalue weighted by Gasteiger charge is -2.18. The molecule has 0 radical (unpaired) electrons. The smallest absolute Gasteiger partial charge is 0.257 e. The summed E-state index contributed by atoms with van der Waals surface area (Å²) in [6, 6.07) is 7.16. The van der Waals surface area contributed by atoms with Crippen LogP contribution in [0.15, 0.2) is 24.3 Å². The average molecular weight is 309 g/mol. The normalized spacial score (nSPS) is 10.4. The van der Waals surface area contributed by atoms with Crippen molar-refractivity contribution in [1.29, 1.82) is 0 Å². The Morgan fingerprint density at radius 3 is 2.62 bits per heavy atom. The van der Waals surface area contributed by atoms with Gasteiger partial charge in [0.1, 0.15) is 10.7 Å². The first kappa shape index (κ1) is 17.4. The van der Waals surface area contributed by atoms with Crippen LogP contribution in [0.25, 0.3) is 0 Å². The Kier molecular flexibility index (Phi) is 7.71. The predicted molar refractivity (Wildman–Crippen MR) is 88.6 cm³/mol. The Balaban J connectivity index is 2.38. The van der Waals surface area contributed by atoms with E-state index >= 15 is 0 Å². The number of likely N-dealkylation sites (N-methyl/N-ethyl adjacent to an activating group) is 1. The molecule has 0 aromatic heterocycles. The van der Waals surface area contributed by atoms with Gasteiger partial charge in [0.05, 0.1) is 5.56 Å². The second kappa shape index (κ2) is 9.31. The van der Waals surface area contributed by atoms with E-state index in [2.05, 4.69) is 24.1 Å². The van der Waals surface area contributed by atoms with E-state index in [9.17, 15) is 4.79 Å². The summed E-state index contributed by atoms with van der Waals surface area (Å²) in [7, 11) is 0. The fourth-order valence-corrected chi connectivity index (χ4v) is 2.05. The number of amides is 1. The number of nitrogens with zero attached hydrogens (tertiary/aromatic N) is 1. The van der Waals surface area contributed by atoms with Crippen molar-refractivity contribution in [1.82, 2.24) is 10.2 Å². The lowest BCUT2D eigenvalue weighted by atomic mass is 10.2. The first-order valence-electron chi connectivity index (χ1n) is 7.09. The molecular formula is C15H23N3O2S. The molecule has 3 N–H and O–H groups in total. The maximum absolute atomic E-state index is 11.7. The Morgan fingerprint density at radius 1 is 1.33 bits per heavy atom. The fraction of sp³-hybridized carbons (Fsp3) is 0.467. The van der Waals surface area contributed by atoms with E-state index in [1.54, 1.807) is 12.1 Å². The van der Waals surface area contributed by atoms with Crippen LogP contribution in [0.2, 0.25) is 0 Å². The molecule has 0 aliphatic carbocycles. The molecule has 0 bridgehead atoms. The average Bonchev–Trinajstić information content (AvgIpc) is 2.49. The van der Waals surface area contributed by atoms with Gasteiger partial charge in [-0.05, 0) is 25.2 Å². The lowest BCUT2D eigenvalue weighted by Crippen LogP contribution is -2.37. The number of nitrogens with one attached hydrogen (secondary N) is 1. The predicted octanol–water partition coefficient (Wildman–Crippen LogP) is 1.16. The minimum absolute atomic E-state index is 0.0438. The van der Waals surface area contributed by atoms with Crippen LogP contribution in [-0.4, -0.2) is 48.6 Å². The molecule has 6 heteroatoms. The van der Waals surface area contributed by atoms with Gasteiger partial charge >= 0.3 is 0 Å². The van der Waals surface area contributed by atoms with Gasteiger partial charge in [-0.1, -0.05) is 38.2 Å². The number of para-hydroxylation sites is 1. The molecule has 116 valence electrons. The van der Waals surface area contributed by atoms with E-state index in [1.165, 1.54) is 0 Å². The lowest BCUT2D eigenvalue weighted by molar-refractivity contribution is -0.123. The number of ether oxygens (including phenoxy) is 1. The van der Waals surface area contributed by atoms with Crippen LogP contribution in [0.5, 0.6) is 5.75 Å². The summed E-state index contributed by atoms with van der Waals surface area (Å²) in [5, 5.41) is 2.83. The Morgan fingerprint density at radius 2 is 2.00 bits per heavy atom. The quantitative estimate of drug-likeness (QED) is 0.670. The molecular weight excluding hydrogens is 286 g/mol. The molecule has 0 saturated heterocycles. The molecule has 0 heterocycles. The highest BCUT2D eigenvalue weighted by Crippen LogP contribution is 2.17. The molecule has 0 atom stereocenters. The van der Waals surface area contributed by atoms with Gasteiger partial charge in [0.15, 0.2) is 6.61 Å². The van der Waals surface area contributed by atoms with Crippen LogP contribution < -0.4 is 15.8 Å². The van der Waals surface area contributed by atoms with E-state index in [-0.39, 0.29) is 17.5 Å². The Labute approximate surface area is 131 Å². The first-order chi connectivity index (χ1) is 10.1. The zero-order valence-electron chi connectivity index (χ0n) is 12.6. The van der Waals surface area contributed by atoms with Gasteiger partial charge in [-0.2, -0.15) is 0 Å². The minimum Gasteiger partial charge on any atom is -0.483 e. The van der Waals surface area contributed by atoms with Gasteiger partial charge in [-0.3, -0.25) is 4.79 Å². The number of nitrogens with two attached hydrogens (primary N) is 1. The molecule has 5 nitrogen and oxygen atoms in total. The molecule has 0 aliphatic heterocycles. The van der Waals surface area contributed by atoms with E-state index in [4.69, 9.17) is 22.7 Å². The van der Waals surface area contributed by atoms with Crippen LogP contribution in [0.3, 0.4) is 0 Å². The van der Waals surface area contributed by atoms with Gasteiger partial charge in [0.2, 0.25) is 0 Å². The summed E-state index contributed by atoms with van der Waals surface area (Å²) >= 11 is 4.95. The van der Waals surface area contributed by atoms with E-state index in [1.807, 2.05) is 12.1 Å². The van der Waals surface area contributed by atoms with Crippen LogP contribution in [0.1, 0.15) is 19.4 Å². The highest BCUT2D eigenvalue weighted by atomic mass is 32.1. The molecule has 0 aliphatic rings. The van der Waals surface area contributed by atoms with Crippen molar-refractivity contribution >= 4 is 23.1 Å². The highest BCUT2D eigenvalue weighted by molar-refractivity contribution is 7.80. The van der Waals surface area contributed by atoms with Crippen molar-refractivity contribution in [2.45, 2.75) is 13.8 Å². The van der Waals surface area contributed by atoms with Crippen molar-refractivity contribution in [3.05, 3.63) is 29.8 Å². The topological polar surface area (TPSA) is 67.6 Å². The maximum atomic E-state index is 11.7. The maximum Gasteiger partial charge on any atom is 0.257 e. The summed E-state index contributed by atoms with van der Waals surface area (Å²) in [4.78, 5) is 14.2. The largest absolute Gasteiger partial charge is 0.483 e. The third kappa shape index (κ3) is 6.10. The van der Waals surface area contributed by atoms with Crippen LogP contribution in [0, 0.1) is 0 Å². The molecule has 1 amide bonds. The number of carbonyl (C=O) groups is 1. The fourth-order valence-electron chi connectivity index (χ4n) is 1.88. The molecule has 0 fully saturated rings. The van der Waals surface area contributed by atoms with Crippen molar-refractivity contribution in [3.8, 4) is 5.75 Å². The van der Waals surface area contributed by atoms with Crippen LogP contribution in [-0.2, 0) is 4.79 Å². The Bertz CT molecular complexity index is 476. The number of thiocarbonyl (C=S) groups is 1. The van der Waals surface area contributed by atoms with Crippen molar-refractivity contribution in [2.75, 3.05) is 32.8 Å². The van der Waals surface area contributed by atoms with Gasteiger partial charge < -0.3 is 20.7 Å². The van der Waals surface area contributed by atoms with Crippen LogP contribution >= 0.6 is 12.2 Å². The zero-order valence-corrected chi connectivity index (χ0v) is 13.4. The zero-order chi connectivity index (χ0) is 15.7. The SMILES string of the molecule is CCN(CC)CCNC(=O)COc1ccccc1C(N)=S. The van der Waals surface area contributed by atoms with E-state index < -0.39 is 0 Å². The van der Waals surface area contributed by atoms with Crippen molar-refractivity contribution in [3.63, 3.8) is 0 Å². The molecule has 1 aromatic rings. The summed E-state index contributed by atoms with van der Waals surface area (Å²) < 4.78 is 5.48. The summed E-state index contributed by atoms with van der Waals surface area (Å²) in [5.74, 6) is 0.379. The van der Waals surface area contributed by atoms with Gasteiger partial charge in [0, 0.05) is 13.1 Å². The van der Waals surface area contributed by atoms with Gasteiger partial charge in [0.25, 0.3) is 5.91 Å². The third-order valence-corrected chi connectivity index (χ3v) is 3.38. The first-order valence-corrected chi connectivity index (χ1v) is 7.50. The second-order valence-electron chi connectivity index (χ2n) is 4.53. The Hall–Kier alpha value is -1.66. The number of hydrogen-bond donors (Lipinski definition) is 2. The molecule has 1 rings (SSSR count). The number of hydrogen-bond acceptors (Lipinski definition) is 4. The van der Waals surface area contributed by atoms with Crippen LogP contribution in [0.4, 0.5) is 0 Å². The van der Waals surface area contributed by atoms with Crippen molar-refractivity contribution < 1.29 is 9.53 Å². The summed E-state index contributed by atoms with van der Waals surface area (Å²) in [6.07, 6.45) is 0. The van der Waals surface area contributed by atoms with E-state index in [0.717, 1.165) is 19.6 Å². The number of benzene rings is 1. The number of rotatable bonds is 9. The summed E-state index contributed by atoms with van der Waals surface area (Å²) in [5.41, 5.74) is 6.25. The van der Waals surface area contributed by atoms with Gasteiger partial charge in [-0.15, -0.1) is 0 Å². The molecule has 1 aromatic carbocycles.